The van der Waals surface area contributed by atoms with E-state index in [1.54, 1.807) is 17.4 Å². The van der Waals surface area contributed by atoms with Crippen LogP contribution >= 0.6 is 27.3 Å². The zero-order valence-electron chi connectivity index (χ0n) is 11.5. The standard InChI is InChI=1S/C16H16BrFN2S/c17-15-7-6-14(21-15)16-11(3-1-2-8-19)12-9-10(18)4-5-13(12)20-16/h4-7,9,20H,1-3,8,19H2. The van der Waals surface area contributed by atoms with E-state index < -0.39 is 0 Å². The van der Waals surface area contributed by atoms with Gasteiger partial charge in [0.25, 0.3) is 0 Å². The summed E-state index contributed by atoms with van der Waals surface area (Å²) in [7, 11) is 0. The molecule has 0 aliphatic rings. The number of halogens is 2. The van der Waals surface area contributed by atoms with Crippen LogP contribution in [0.3, 0.4) is 0 Å². The number of hydrogen-bond donors (Lipinski definition) is 2. The Morgan fingerprint density at radius 2 is 2.05 bits per heavy atom. The Kier molecular flexibility index (Phi) is 4.42. The molecule has 3 rings (SSSR count). The molecule has 0 radical (unpaired) electrons. The largest absolute Gasteiger partial charge is 0.354 e. The summed E-state index contributed by atoms with van der Waals surface area (Å²) in [5.41, 5.74) is 8.86. The van der Waals surface area contributed by atoms with Gasteiger partial charge in [0.15, 0.2) is 0 Å². The lowest BCUT2D eigenvalue weighted by atomic mass is 10.0. The SMILES string of the molecule is NCCCCc1c(-c2ccc(Br)s2)[nH]c2ccc(F)cc12. The number of aryl methyl sites for hydroxylation is 1. The minimum absolute atomic E-state index is 0.194. The lowest BCUT2D eigenvalue weighted by Crippen LogP contribution is -1.99. The second-order valence-corrected chi connectivity index (χ2v) is 7.48. The molecule has 0 unspecified atom stereocenters. The fourth-order valence-corrected chi connectivity index (χ4v) is 4.00. The molecule has 3 N–H and O–H groups in total. The number of benzene rings is 1. The van der Waals surface area contributed by atoms with E-state index in [-0.39, 0.29) is 5.82 Å². The third kappa shape index (κ3) is 3.05. The predicted octanol–water partition coefficient (Wildman–Crippen LogP) is 5.08. The number of rotatable bonds is 5. The average Bonchev–Trinajstić information content (AvgIpc) is 3.03. The lowest BCUT2D eigenvalue weighted by molar-refractivity contribution is 0.629. The minimum atomic E-state index is -0.194. The van der Waals surface area contributed by atoms with Gasteiger partial charge in [-0.2, -0.15) is 0 Å². The second-order valence-electron chi connectivity index (χ2n) is 5.02. The number of H-pyrrole nitrogens is 1. The molecule has 3 aromatic rings. The Morgan fingerprint density at radius 1 is 1.19 bits per heavy atom. The molecule has 0 atom stereocenters. The van der Waals surface area contributed by atoms with Gasteiger partial charge < -0.3 is 10.7 Å². The van der Waals surface area contributed by atoms with Gasteiger partial charge in [0.1, 0.15) is 5.82 Å². The van der Waals surface area contributed by atoms with Gasteiger partial charge in [0, 0.05) is 10.9 Å². The number of fused-ring (bicyclic) bond motifs is 1. The summed E-state index contributed by atoms with van der Waals surface area (Å²) < 4.78 is 14.7. The van der Waals surface area contributed by atoms with Crippen molar-refractivity contribution < 1.29 is 4.39 Å². The van der Waals surface area contributed by atoms with E-state index >= 15 is 0 Å². The molecule has 0 amide bonds. The van der Waals surface area contributed by atoms with Gasteiger partial charge in [-0.05, 0) is 77.6 Å². The van der Waals surface area contributed by atoms with Gasteiger partial charge in [-0.3, -0.25) is 0 Å². The van der Waals surface area contributed by atoms with Crippen molar-refractivity contribution in [2.45, 2.75) is 19.3 Å². The number of aromatic nitrogens is 1. The maximum atomic E-state index is 13.6. The van der Waals surface area contributed by atoms with E-state index in [0.717, 1.165) is 39.6 Å². The summed E-state index contributed by atoms with van der Waals surface area (Å²) in [5.74, 6) is -0.194. The zero-order chi connectivity index (χ0) is 14.8. The molecule has 2 aromatic heterocycles. The van der Waals surface area contributed by atoms with Crippen LogP contribution in [0, 0.1) is 5.82 Å². The van der Waals surface area contributed by atoms with Crippen molar-refractivity contribution in [3.05, 3.63) is 45.5 Å². The molecule has 0 saturated carbocycles. The van der Waals surface area contributed by atoms with E-state index in [4.69, 9.17) is 5.73 Å². The van der Waals surface area contributed by atoms with Gasteiger partial charge in [-0.15, -0.1) is 11.3 Å². The van der Waals surface area contributed by atoms with Crippen molar-refractivity contribution >= 4 is 38.2 Å². The van der Waals surface area contributed by atoms with E-state index in [1.165, 1.54) is 16.5 Å². The highest BCUT2D eigenvalue weighted by atomic mass is 79.9. The fourth-order valence-electron chi connectivity index (χ4n) is 2.58. The van der Waals surface area contributed by atoms with Crippen LogP contribution in [0.2, 0.25) is 0 Å². The van der Waals surface area contributed by atoms with Crippen LogP contribution in [-0.2, 0) is 6.42 Å². The third-order valence-electron chi connectivity index (χ3n) is 3.57. The van der Waals surface area contributed by atoms with Crippen molar-refractivity contribution in [3.8, 4) is 10.6 Å². The molecule has 0 fully saturated rings. The smallest absolute Gasteiger partial charge is 0.123 e. The first-order valence-electron chi connectivity index (χ1n) is 6.95. The highest BCUT2D eigenvalue weighted by molar-refractivity contribution is 9.11. The van der Waals surface area contributed by atoms with Crippen molar-refractivity contribution in [2.24, 2.45) is 5.73 Å². The van der Waals surface area contributed by atoms with E-state index in [0.29, 0.717) is 6.54 Å². The summed E-state index contributed by atoms with van der Waals surface area (Å²) >= 11 is 5.18. The highest BCUT2D eigenvalue weighted by Crippen LogP contribution is 2.37. The lowest BCUT2D eigenvalue weighted by Gasteiger charge is -2.03. The van der Waals surface area contributed by atoms with Gasteiger partial charge in [0.05, 0.1) is 14.4 Å². The Balaban J connectivity index is 2.10. The Hall–Kier alpha value is -1.17. The molecule has 0 saturated heterocycles. The topological polar surface area (TPSA) is 41.8 Å². The van der Waals surface area contributed by atoms with Crippen molar-refractivity contribution in [1.29, 1.82) is 0 Å². The van der Waals surface area contributed by atoms with Crippen molar-refractivity contribution in [3.63, 3.8) is 0 Å². The first-order valence-corrected chi connectivity index (χ1v) is 8.56. The van der Waals surface area contributed by atoms with Gasteiger partial charge >= 0.3 is 0 Å². The van der Waals surface area contributed by atoms with E-state index in [2.05, 4.69) is 27.0 Å². The van der Waals surface area contributed by atoms with Crippen LogP contribution in [0.1, 0.15) is 18.4 Å². The van der Waals surface area contributed by atoms with Gasteiger partial charge in [-0.25, -0.2) is 4.39 Å². The van der Waals surface area contributed by atoms with Crippen molar-refractivity contribution in [1.82, 2.24) is 4.98 Å². The van der Waals surface area contributed by atoms with E-state index in [9.17, 15) is 4.39 Å². The first-order chi connectivity index (χ1) is 10.2. The Bertz CT molecular complexity index is 763. The zero-order valence-corrected chi connectivity index (χ0v) is 13.9. The molecule has 0 aliphatic heterocycles. The fraction of sp³-hybridized carbons (Fsp3) is 0.250. The molecule has 5 heteroatoms. The highest BCUT2D eigenvalue weighted by Gasteiger charge is 2.15. The summed E-state index contributed by atoms with van der Waals surface area (Å²) in [4.78, 5) is 4.61. The Labute approximate surface area is 135 Å². The molecule has 0 aliphatic carbocycles. The maximum absolute atomic E-state index is 13.6. The number of nitrogens with two attached hydrogens (primary N) is 1. The molecule has 21 heavy (non-hydrogen) atoms. The molecular weight excluding hydrogens is 351 g/mol. The average molecular weight is 367 g/mol. The number of nitrogens with one attached hydrogen (secondary N) is 1. The molecule has 0 bridgehead atoms. The molecule has 110 valence electrons. The molecular formula is C16H16BrFN2S. The predicted molar refractivity (Wildman–Crippen MR) is 91.3 cm³/mol. The van der Waals surface area contributed by atoms with Crippen LogP contribution < -0.4 is 5.73 Å². The van der Waals surface area contributed by atoms with Crippen LogP contribution in [0.5, 0.6) is 0 Å². The van der Waals surface area contributed by atoms with Crippen LogP contribution in [0.4, 0.5) is 4.39 Å². The first kappa shape index (κ1) is 14.8. The van der Waals surface area contributed by atoms with Crippen LogP contribution in [-0.4, -0.2) is 11.5 Å². The van der Waals surface area contributed by atoms with Crippen LogP contribution in [0.15, 0.2) is 34.1 Å². The number of hydrogen-bond acceptors (Lipinski definition) is 2. The quantitative estimate of drug-likeness (QED) is 0.607. The summed E-state index contributed by atoms with van der Waals surface area (Å²) in [6, 6.07) is 9.05. The monoisotopic (exact) mass is 366 g/mol. The normalized spacial score (nSPS) is 11.4. The third-order valence-corrected chi connectivity index (χ3v) is 5.21. The maximum Gasteiger partial charge on any atom is 0.123 e. The molecule has 1 aromatic carbocycles. The number of thiophene rings is 1. The van der Waals surface area contributed by atoms with Gasteiger partial charge in [0.2, 0.25) is 0 Å². The Morgan fingerprint density at radius 3 is 2.76 bits per heavy atom. The molecule has 0 spiro atoms. The molecule has 2 heterocycles. The minimum Gasteiger partial charge on any atom is -0.354 e. The van der Waals surface area contributed by atoms with Crippen LogP contribution in [0.25, 0.3) is 21.5 Å². The summed E-state index contributed by atoms with van der Waals surface area (Å²) in [6.07, 6.45) is 2.90. The molecule has 2 nitrogen and oxygen atoms in total. The van der Waals surface area contributed by atoms with Gasteiger partial charge in [-0.1, -0.05) is 0 Å². The summed E-state index contributed by atoms with van der Waals surface area (Å²) in [5, 5.41) is 0.978. The number of aromatic amines is 1. The number of unbranched alkanes of at least 4 members (excludes halogenated alkanes) is 1. The van der Waals surface area contributed by atoms with Crippen molar-refractivity contribution in [2.75, 3.05) is 6.54 Å². The summed E-state index contributed by atoms with van der Waals surface area (Å²) in [6.45, 7) is 0.691. The second kappa shape index (κ2) is 6.30. The van der Waals surface area contributed by atoms with E-state index in [1.807, 2.05) is 12.1 Å².